The number of hydrogen-bond donors (Lipinski definition) is 2. The van der Waals surface area contributed by atoms with Crippen molar-refractivity contribution in [3.63, 3.8) is 0 Å². The Morgan fingerprint density at radius 1 is 1.21 bits per heavy atom. The van der Waals surface area contributed by atoms with E-state index in [0.717, 1.165) is 23.4 Å². The molecule has 0 unspecified atom stereocenters. The minimum atomic E-state index is -3.31. The van der Waals surface area contributed by atoms with Gasteiger partial charge in [-0.3, -0.25) is 4.79 Å². The number of aromatic nitrogens is 3. The van der Waals surface area contributed by atoms with E-state index in [1.807, 2.05) is 18.4 Å². The third-order valence-corrected chi connectivity index (χ3v) is 6.14. The molecule has 2 N–H and O–H groups in total. The number of nitrogens with zero attached hydrogens (tertiary/aromatic N) is 3. The maximum atomic E-state index is 12.3. The Bertz CT molecular complexity index is 1230. The molecule has 0 radical (unpaired) electrons. The lowest BCUT2D eigenvalue weighted by Gasteiger charge is -2.17. The van der Waals surface area contributed by atoms with Crippen molar-refractivity contribution < 1.29 is 13.2 Å². The molecule has 0 fully saturated rings. The zero-order valence-corrected chi connectivity index (χ0v) is 17.2. The summed E-state index contributed by atoms with van der Waals surface area (Å²) in [7, 11) is -3.31. The van der Waals surface area contributed by atoms with Crippen molar-refractivity contribution in [2.45, 2.75) is 25.3 Å². The van der Waals surface area contributed by atoms with E-state index in [1.165, 1.54) is 6.26 Å². The zero-order chi connectivity index (χ0) is 20.8. The predicted molar refractivity (Wildman–Crippen MR) is 110 cm³/mol. The Hall–Kier alpha value is -3.20. The van der Waals surface area contributed by atoms with Crippen LogP contribution in [-0.4, -0.2) is 41.7 Å². The van der Waals surface area contributed by atoms with Gasteiger partial charge in [-0.2, -0.15) is 0 Å². The lowest BCUT2D eigenvalue weighted by atomic mass is 10.1. The maximum Gasteiger partial charge on any atom is 0.268 e. The number of hydrogen-bond acceptors (Lipinski definition) is 6. The number of amides is 1. The van der Waals surface area contributed by atoms with Crippen LogP contribution in [0.15, 0.2) is 41.4 Å². The lowest BCUT2D eigenvalue weighted by molar-refractivity contribution is 0.0926. The van der Waals surface area contributed by atoms with Crippen LogP contribution in [0.4, 0.5) is 11.6 Å². The third-order valence-electron chi connectivity index (χ3n) is 5.03. The molecule has 1 aliphatic heterocycles. The number of carbonyl (C=O) groups excluding carboxylic acids is 1. The first-order valence-corrected chi connectivity index (χ1v) is 11.0. The van der Waals surface area contributed by atoms with E-state index in [1.54, 1.807) is 36.5 Å². The lowest BCUT2D eigenvalue weighted by Crippen LogP contribution is -2.35. The van der Waals surface area contributed by atoms with E-state index < -0.39 is 9.84 Å². The molecular formula is C20H21N5O3S. The SMILES string of the molecule is Cc1c(-c2ccnc(Nc3cccc(S(C)(=O)=O)c3)n2)c(C)n2c1C(=O)NCC2. The largest absolute Gasteiger partial charge is 0.349 e. The van der Waals surface area contributed by atoms with Crippen molar-refractivity contribution >= 4 is 27.4 Å². The molecule has 4 rings (SSSR count). The van der Waals surface area contributed by atoms with Crippen molar-refractivity contribution in [2.24, 2.45) is 0 Å². The van der Waals surface area contributed by atoms with Crippen molar-refractivity contribution in [3.05, 3.63) is 53.5 Å². The van der Waals surface area contributed by atoms with Crippen LogP contribution in [0, 0.1) is 13.8 Å². The average Bonchev–Trinajstić information content (AvgIpc) is 2.93. The van der Waals surface area contributed by atoms with Crippen molar-refractivity contribution in [2.75, 3.05) is 18.1 Å². The molecule has 2 aromatic heterocycles. The first-order valence-electron chi connectivity index (χ1n) is 9.14. The van der Waals surface area contributed by atoms with Gasteiger partial charge in [0.05, 0.1) is 10.6 Å². The number of rotatable bonds is 4. The number of nitrogens with one attached hydrogen (secondary N) is 2. The average molecular weight is 411 g/mol. The molecule has 150 valence electrons. The molecule has 0 spiro atoms. The summed E-state index contributed by atoms with van der Waals surface area (Å²) >= 11 is 0. The van der Waals surface area contributed by atoms with Crippen molar-refractivity contribution in [1.29, 1.82) is 0 Å². The second-order valence-electron chi connectivity index (χ2n) is 7.03. The van der Waals surface area contributed by atoms with Crippen molar-refractivity contribution in [3.8, 4) is 11.3 Å². The van der Waals surface area contributed by atoms with Crippen molar-refractivity contribution in [1.82, 2.24) is 19.9 Å². The molecule has 0 saturated heterocycles. The number of carbonyl (C=O) groups is 1. The molecule has 3 aromatic rings. The summed E-state index contributed by atoms with van der Waals surface area (Å²) in [5.74, 6) is 0.272. The van der Waals surface area contributed by atoms with Gasteiger partial charge in [0.1, 0.15) is 5.69 Å². The first kappa shape index (κ1) is 19.1. The molecular weight excluding hydrogens is 390 g/mol. The number of sulfone groups is 1. The van der Waals surface area contributed by atoms with E-state index in [2.05, 4.69) is 20.6 Å². The standard InChI is InChI=1S/C20H21N5O3S/c1-12-17(13(2)25-10-9-21-19(26)18(12)25)16-7-8-22-20(24-16)23-14-5-4-6-15(11-14)29(3,27)28/h4-8,11H,9-10H2,1-3H3,(H,21,26)(H,22,23,24). The van der Waals surface area contributed by atoms with Gasteiger partial charge < -0.3 is 15.2 Å². The monoisotopic (exact) mass is 411 g/mol. The quantitative estimate of drug-likeness (QED) is 0.683. The Morgan fingerprint density at radius 3 is 2.72 bits per heavy atom. The van der Waals surface area contributed by atoms with Crippen LogP contribution in [0.1, 0.15) is 21.7 Å². The molecule has 1 aliphatic rings. The molecule has 1 aromatic carbocycles. The van der Waals surface area contributed by atoms with E-state index in [0.29, 0.717) is 29.6 Å². The Balaban J connectivity index is 1.72. The predicted octanol–water partition coefficient (Wildman–Crippen LogP) is 2.45. The summed E-state index contributed by atoms with van der Waals surface area (Å²) in [6.45, 7) is 5.23. The topological polar surface area (TPSA) is 106 Å². The van der Waals surface area contributed by atoms with E-state index in [4.69, 9.17) is 0 Å². The Labute approximate surface area is 168 Å². The highest BCUT2D eigenvalue weighted by atomic mass is 32.2. The minimum absolute atomic E-state index is 0.0758. The number of benzene rings is 1. The van der Waals surface area contributed by atoms with Crippen LogP contribution >= 0.6 is 0 Å². The zero-order valence-electron chi connectivity index (χ0n) is 16.4. The van der Waals surface area contributed by atoms with Crippen LogP contribution in [0.25, 0.3) is 11.3 Å². The molecule has 29 heavy (non-hydrogen) atoms. The Kier molecular flexibility index (Phi) is 4.62. The highest BCUT2D eigenvalue weighted by molar-refractivity contribution is 7.90. The fourth-order valence-corrected chi connectivity index (χ4v) is 4.37. The molecule has 0 atom stereocenters. The van der Waals surface area contributed by atoms with E-state index in [9.17, 15) is 13.2 Å². The van der Waals surface area contributed by atoms with Crippen LogP contribution < -0.4 is 10.6 Å². The van der Waals surface area contributed by atoms with Gasteiger partial charge in [-0.15, -0.1) is 0 Å². The fourth-order valence-electron chi connectivity index (χ4n) is 3.70. The third kappa shape index (κ3) is 3.49. The highest BCUT2D eigenvalue weighted by Crippen LogP contribution is 2.32. The van der Waals surface area contributed by atoms with Crippen LogP contribution in [0.2, 0.25) is 0 Å². The molecule has 8 nitrogen and oxygen atoms in total. The molecule has 0 aliphatic carbocycles. The summed E-state index contributed by atoms with van der Waals surface area (Å²) in [6.07, 6.45) is 2.81. The summed E-state index contributed by atoms with van der Waals surface area (Å²) < 4.78 is 25.6. The maximum absolute atomic E-state index is 12.3. The van der Waals surface area contributed by atoms with Gasteiger partial charge in [0, 0.05) is 42.5 Å². The second-order valence-corrected chi connectivity index (χ2v) is 9.05. The fraction of sp³-hybridized carbons (Fsp3) is 0.250. The van der Waals surface area contributed by atoms with Crippen LogP contribution in [0.3, 0.4) is 0 Å². The van der Waals surface area contributed by atoms with Crippen LogP contribution in [-0.2, 0) is 16.4 Å². The summed E-state index contributed by atoms with van der Waals surface area (Å²) in [6, 6.07) is 8.31. The van der Waals surface area contributed by atoms with Gasteiger partial charge >= 0.3 is 0 Å². The number of anilines is 2. The van der Waals surface area contributed by atoms with Gasteiger partial charge in [0.2, 0.25) is 5.95 Å². The van der Waals surface area contributed by atoms with Gasteiger partial charge in [-0.25, -0.2) is 18.4 Å². The van der Waals surface area contributed by atoms with Gasteiger partial charge in [0.25, 0.3) is 5.91 Å². The highest BCUT2D eigenvalue weighted by Gasteiger charge is 2.26. The van der Waals surface area contributed by atoms with Gasteiger partial charge in [0.15, 0.2) is 9.84 Å². The van der Waals surface area contributed by atoms with E-state index >= 15 is 0 Å². The minimum Gasteiger partial charge on any atom is -0.349 e. The van der Waals surface area contributed by atoms with Gasteiger partial charge in [-0.1, -0.05) is 6.07 Å². The molecule has 0 saturated carbocycles. The molecule has 1 amide bonds. The smallest absolute Gasteiger partial charge is 0.268 e. The Morgan fingerprint density at radius 2 is 2.00 bits per heavy atom. The molecule has 9 heteroatoms. The second kappa shape index (κ2) is 7.00. The first-order chi connectivity index (χ1) is 13.8. The van der Waals surface area contributed by atoms with E-state index in [-0.39, 0.29) is 10.8 Å². The number of fused-ring (bicyclic) bond motifs is 1. The molecule has 3 heterocycles. The summed E-state index contributed by atoms with van der Waals surface area (Å²) in [5.41, 5.74) is 4.71. The summed E-state index contributed by atoms with van der Waals surface area (Å²) in [5, 5.41) is 5.94. The van der Waals surface area contributed by atoms with Gasteiger partial charge in [-0.05, 0) is 43.7 Å². The van der Waals surface area contributed by atoms with Crippen LogP contribution in [0.5, 0.6) is 0 Å². The summed E-state index contributed by atoms with van der Waals surface area (Å²) in [4.78, 5) is 21.4. The molecule has 0 bridgehead atoms. The normalized spacial score (nSPS) is 13.7.